The Morgan fingerprint density at radius 1 is 1.47 bits per heavy atom. The van der Waals surface area contributed by atoms with Crippen molar-refractivity contribution < 1.29 is 4.74 Å². The molecule has 0 aromatic heterocycles. The minimum Gasteiger partial charge on any atom is -0.385 e. The molecule has 3 heteroatoms. The Labute approximate surface area is 107 Å². The van der Waals surface area contributed by atoms with Crippen LogP contribution >= 0.6 is 0 Å². The Balaban J connectivity index is 2.62. The monoisotopic (exact) mass is 242 g/mol. The molecule has 1 aliphatic rings. The molecule has 3 atom stereocenters. The van der Waals surface area contributed by atoms with Crippen molar-refractivity contribution in [1.82, 2.24) is 10.2 Å². The van der Waals surface area contributed by atoms with Gasteiger partial charge in [-0.25, -0.2) is 0 Å². The lowest BCUT2D eigenvalue weighted by molar-refractivity contribution is 0.0366. The number of hydrogen-bond acceptors (Lipinski definition) is 3. The van der Waals surface area contributed by atoms with Gasteiger partial charge in [-0.15, -0.1) is 0 Å². The molecule has 0 radical (unpaired) electrons. The van der Waals surface area contributed by atoms with Gasteiger partial charge in [-0.05, 0) is 33.1 Å². The predicted molar refractivity (Wildman–Crippen MR) is 73.4 cm³/mol. The molecule has 1 fully saturated rings. The second-order valence-electron chi connectivity index (χ2n) is 5.66. The van der Waals surface area contributed by atoms with Gasteiger partial charge < -0.3 is 10.1 Å². The number of piperazine rings is 1. The highest BCUT2D eigenvalue weighted by Crippen LogP contribution is 2.23. The first kappa shape index (κ1) is 14.9. The summed E-state index contributed by atoms with van der Waals surface area (Å²) in [5, 5.41) is 3.71. The molecule has 0 saturated carbocycles. The average molecular weight is 242 g/mol. The van der Waals surface area contributed by atoms with E-state index < -0.39 is 0 Å². The highest BCUT2D eigenvalue weighted by Gasteiger charge is 2.35. The second-order valence-corrected chi connectivity index (χ2v) is 5.66. The van der Waals surface area contributed by atoms with Crippen LogP contribution in [0, 0.1) is 0 Å². The largest absolute Gasteiger partial charge is 0.385 e. The lowest BCUT2D eigenvalue weighted by atomic mass is 9.91. The number of rotatable bonds is 6. The maximum Gasteiger partial charge on any atom is 0.0477 e. The summed E-state index contributed by atoms with van der Waals surface area (Å²) in [6, 6.07) is 1.30. The first-order valence-electron chi connectivity index (χ1n) is 7.06. The topological polar surface area (TPSA) is 24.5 Å². The summed E-state index contributed by atoms with van der Waals surface area (Å²) in [4.78, 5) is 2.68. The van der Waals surface area contributed by atoms with Crippen molar-refractivity contribution in [2.75, 3.05) is 26.8 Å². The van der Waals surface area contributed by atoms with Crippen molar-refractivity contribution in [1.29, 1.82) is 0 Å². The number of methoxy groups -OCH3 is 1. The number of hydrogen-bond donors (Lipinski definition) is 1. The van der Waals surface area contributed by atoms with E-state index >= 15 is 0 Å². The smallest absolute Gasteiger partial charge is 0.0477 e. The zero-order valence-electron chi connectivity index (χ0n) is 12.3. The van der Waals surface area contributed by atoms with E-state index in [4.69, 9.17) is 4.74 Å². The zero-order chi connectivity index (χ0) is 12.9. The van der Waals surface area contributed by atoms with Gasteiger partial charge in [0.15, 0.2) is 0 Å². The fourth-order valence-corrected chi connectivity index (χ4v) is 2.66. The lowest BCUT2D eigenvalue weighted by Gasteiger charge is -2.48. The molecule has 1 aliphatic heterocycles. The van der Waals surface area contributed by atoms with Gasteiger partial charge in [0.1, 0.15) is 0 Å². The lowest BCUT2D eigenvalue weighted by Crippen LogP contribution is -2.64. The van der Waals surface area contributed by atoms with Crippen LogP contribution in [0.4, 0.5) is 0 Å². The van der Waals surface area contributed by atoms with Crippen molar-refractivity contribution in [3.05, 3.63) is 0 Å². The minimum atomic E-state index is 0.285. The highest BCUT2D eigenvalue weighted by molar-refractivity contribution is 4.95. The van der Waals surface area contributed by atoms with E-state index in [-0.39, 0.29) is 5.54 Å². The maximum atomic E-state index is 5.21. The van der Waals surface area contributed by atoms with Gasteiger partial charge in [0.05, 0.1) is 0 Å². The van der Waals surface area contributed by atoms with E-state index in [9.17, 15) is 0 Å². The molecule has 0 aromatic rings. The summed E-state index contributed by atoms with van der Waals surface area (Å²) in [6.45, 7) is 12.4. The van der Waals surface area contributed by atoms with Crippen molar-refractivity contribution in [2.24, 2.45) is 0 Å². The first-order valence-corrected chi connectivity index (χ1v) is 7.06. The normalized spacial score (nSPS) is 32.6. The van der Waals surface area contributed by atoms with Gasteiger partial charge in [-0.2, -0.15) is 0 Å². The van der Waals surface area contributed by atoms with Gasteiger partial charge in [0.2, 0.25) is 0 Å². The summed E-state index contributed by atoms with van der Waals surface area (Å²) < 4.78 is 5.21. The van der Waals surface area contributed by atoms with Gasteiger partial charge >= 0.3 is 0 Å². The van der Waals surface area contributed by atoms with Crippen molar-refractivity contribution in [2.45, 2.75) is 64.6 Å². The molecular formula is C14H30N2O. The summed E-state index contributed by atoms with van der Waals surface area (Å²) in [5.74, 6) is 0. The van der Waals surface area contributed by atoms with Crippen LogP contribution in [0.1, 0.15) is 47.0 Å². The summed E-state index contributed by atoms with van der Waals surface area (Å²) in [6.07, 6.45) is 3.55. The van der Waals surface area contributed by atoms with Crippen LogP contribution in [0.2, 0.25) is 0 Å². The summed E-state index contributed by atoms with van der Waals surface area (Å²) in [5.41, 5.74) is 0.285. The first-order chi connectivity index (χ1) is 8.06. The van der Waals surface area contributed by atoms with Crippen LogP contribution < -0.4 is 5.32 Å². The quantitative estimate of drug-likeness (QED) is 0.773. The van der Waals surface area contributed by atoms with E-state index in [0.29, 0.717) is 12.1 Å². The number of nitrogens with one attached hydrogen (secondary N) is 1. The van der Waals surface area contributed by atoms with Crippen LogP contribution in [-0.4, -0.2) is 49.3 Å². The third-order valence-corrected chi connectivity index (χ3v) is 4.32. The molecule has 0 bridgehead atoms. The minimum absolute atomic E-state index is 0.285. The zero-order valence-corrected chi connectivity index (χ0v) is 12.3. The molecule has 1 heterocycles. The molecule has 3 nitrogen and oxygen atoms in total. The van der Waals surface area contributed by atoms with Crippen LogP contribution in [-0.2, 0) is 4.74 Å². The fraction of sp³-hybridized carbons (Fsp3) is 1.00. The Bertz CT molecular complexity index is 222. The van der Waals surface area contributed by atoms with Gasteiger partial charge in [0, 0.05) is 44.4 Å². The van der Waals surface area contributed by atoms with E-state index in [0.717, 1.165) is 26.1 Å². The van der Waals surface area contributed by atoms with Crippen LogP contribution in [0.5, 0.6) is 0 Å². The summed E-state index contributed by atoms with van der Waals surface area (Å²) in [7, 11) is 1.79. The van der Waals surface area contributed by atoms with E-state index in [1.807, 2.05) is 0 Å². The highest BCUT2D eigenvalue weighted by atomic mass is 16.5. The molecule has 1 N–H and O–H groups in total. The molecular weight excluding hydrogens is 212 g/mol. The molecule has 0 amide bonds. The predicted octanol–water partition coefficient (Wildman–Crippen LogP) is 2.26. The maximum absolute atomic E-state index is 5.21. The molecule has 0 aliphatic carbocycles. The second kappa shape index (κ2) is 6.72. The summed E-state index contributed by atoms with van der Waals surface area (Å²) >= 11 is 0. The molecule has 102 valence electrons. The SMILES string of the molecule is CCC1CNC(C)(CC)CN1C(C)CCOC. The number of ether oxygens (including phenoxy) is 1. The van der Waals surface area contributed by atoms with Crippen LogP contribution in [0.15, 0.2) is 0 Å². The third kappa shape index (κ3) is 3.94. The number of nitrogens with zero attached hydrogens (tertiary/aromatic N) is 1. The molecule has 0 spiro atoms. The Morgan fingerprint density at radius 3 is 2.71 bits per heavy atom. The Morgan fingerprint density at radius 2 is 2.18 bits per heavy atom. The van der Waals surface area contributed by atoms with Crippen LogP contribution in [0.3, 0.4) is 0 Å². The van der Waals surface area contributed by atoms with Gasteiger partial charge in [0.25, 0.3) is 0 Å². The third-order valence-electron chi connectivity index (χ3n) is 4.32. The Kier molecular flexibility index (Phi) is 5.90. The van der Waals surface area contributed by atoms with Gasteiger partial charge in [-0.1, -0.05) is 13.8 Å². The van der Waals surface area contributed by atoms with E-state index in [2.05, 4.69) is 37.9 Å². The van der Waals surface area contributed by atoms with Crippen molar-refractivity contribution >= 4 is 0 Å². The van der Waals surface area contributed by atoms with E-state index in [1.54, 1.807) is 7.11 Å². The molecule has 1 rings (SSSR count). The average Bonchev–Trinajstić information content (AvgIpc) is 2.36. The molecule has 17 heavy (non-hydrogen) atoms. The fourth-order valence-electron chi connectivity index (χ4n) is 2.66. The molecule has 0 aromatic carbocycles. The van der Waals surface area contributed by atoms with Crippen molar-refractivity contribution in [3.8, 4) is 0 Å². The molecule has 3 unspecified atom stereocenters. The van der Waals surface area contributed by atoms with E-state index in [1.165, 1.54) is 12.8 Å². The standard InChI is InChI=1S/C14H30N2O/c1-6-13-10-15-14(4,7-2)11-16(13)12(3)8-9-17-5/h12-13,15H,6-11H2,1-5H3. The molecule has 1 saturated heterocycles. The van der Waals surface area contributed by atoms with Crippen LogP contribution in [0.25, 0.3) is 0 Å². The van der Waals surface area contributed by atoms with Crippen molar-refractivity contribution in [3.63, 3.8) is 0 Å². The van der Waals surface area contributed by atoms with Gasteiger partial charge in [-0.3, -0.25) is 4.90 Å². The Hall–Kier alpha value is -0.120.